The van der Waals surface area contributed by atoms with Gasteiger partial charge in [0.1, 0.15) is 5.78 Å². The van der Waals surface area contributed by atoms with E-state index in [0.29, 0.717) is 31.5 Å². The summed E-state index contributed by atoms with van der Waals surface area (Å²) in [6.45, 7) is 8.85. The van der Waals surface area contributed by atoms with Crippen LogP contribution in [0.5, 0.6) is 0 Å². The van der Waals surface area contributed by atoms with Crippen LogP contribution in [0.2, 0.25) is 20.1 Å². The van der Waals surface area contributed by atoms with E-state index in [1.165, 1.54) is 32.2 Å². The fourth-order valence-electron chi connectivity index (χ4n) is 2.44. The topological polar surface area (TPSA) is 72.3 Å². The molecule has 3 rings (SSSR count). The van der Waals surface area contributed by atoms with Gasteiger partial charge in [0.2, 0.25) is 0 Å². The van der Waals surface area contributed by atoms with Gasteiger partial charge in [-0.3, -0.25) is 14.8 Å². The lowest BCUT2D eigenvalue weighted by Crippen LogP contribution is -2.12. The number of hydrogen-bond acceptors (Lipinski definition) is 5. The minimum atomic E-state index is -0.467. The first-order chi connectivity index (χ1) is 14.5. The lowest BCUT2D eigenvalue weighted by atomic mass is 10.0. The third-order valence-corrected chi connectivity index (χ3v) is 5.69. The molecule has 172 valence electrons. The number of pyridine rings is 2. The molecule has 0 aromatic carbocycles. The molecule has 0 amide bonds. The van der Waals surface area contributed by atoms with Crippen molar-refractivity contribution in [3.63, 3.8) is 0 Å². The normalized spacial score (nSPS) is 15.6. The molecule has 9 heteroatoms. The van der Waals surface area contributed by atoms with Gasteiger partial charge in [0, 0.05) is 31.5 Å². The van der Waals surface area contributed by atoms with Crippen molar-refractivity contribution < 1.29 is 14.6 Å². The van der Waals surface area contributed by atoms with Gasteiger partial charge in [-0.15, -0.1) is 0 Å². The number of hydrogen-bond donors (Lipinski definition) is 1. The molecule has 2 aromatic rings. The SMILES string of the molecule is C1CCOC1.CC(=O)C(C)c1ncc(Cl)cc1Cl.CC(O)C(C)c1ncc(Cl)cc1Cl. The molecule has 5 nitrogen and oxygen atoms in total. The zero-order chi connectivity index (χ0) is 23.6. The highest BCUT2D eigenvalue weighted by atomic mass is 35.5. The van der Waals surface area contributed by atoms with E-state index in [1.807, 2.05) is 6.92 Å². The summed E-state index contributed by atoms with van der Waals surface area (Å²) >= 11 is 23.1. The van der Waals surface area contributed by atoms with Crippen molar-refractivity contribution in [1.29, 1.82) is 0 Å². The second-order valence-electron chi connectivity index (χ2n) is 7.22. The van der Waals surface area contributed by atoms with E-state index in [0.717, 1.165) is 13.2 Å². The van der Waals surface area contributed by atoms with E-state index < -0.39 is 6.10 Å². The smallest absolute Gasteiger partial charge is 0.138 e. The average molecular weight is 510 g/mol. The lowest BCUT2D eigenvalue weighted by molar-refractivity contribution is -0.118. The van der Waals surface area contributed by atoms with Gasteiger partial charge < -0.3 is 9.84 Å². The van der Waals surface area contributed by atoms with E-state index in [2.05, 4.69) is 9.97 Å². The van der Waals surface area contributed by atoms with Crippen molar-refractivity contribution in [2.45, 2.75) is 58.5 Å². The Kier molecular flexibility index (Phi) is 12.9. The Labute approximate surface area is 204 Å². The third kappa shape index (κ3) is 10.0. The molecule has 0 radical (unpaired) electrons. The quantitative estimate of drug-likeness (QED) is 0.493. The first kappa shape index (κ1) is 28.1. The van der Waals surface area contributed by atoms with Crippen LogP contribution in [0.1, 0.15) is 63.8 Å². The molecular weight excluding hydrogens is 482 g/mol. The van der Waals surface area contributed by atoms with Crippen LogP contribution in [-0.4, -0.2) is 40.2 Å². The molecule has 3 atom stereocenters. The molecule has 3 heterocycles. The fraction of sp³-hybridized carbons (Fsp3) is 0.500. The molecule has 0 spiro atoms. The Morgan fingerprint density at radius 1 is 0.935 bits per heavy atom. The number of Topliss-reactive ketones (excluding diaryl/α,β-unsaturated/α-hetero) is 1. The Bertz CT molecular complexity index is 838. The zero-order valence-electron chi connectivity index (χ0n) is 18.0. The number of ketones is 1. The Balaban J connectivity index is 0.000000254. The lowest BCUT2D eigenvalue weighted by Gasteiger charge is -2.15. The maximum Gasteiger partial charge on any atom is 0.138 e. The average Bonchev–Trinajstić information content (AvgIpc) is 3.27. The van der Waals surface area contributed by atoms with Crippen molar-refractivity contribution in [2.75, 3.05) is 13.2 Å². The summed E-state index contributed by atoms with van der Waals surface area (Å²) in [5.41, 5.74) is 1.26. The number of aromatic nitrogens is 2. The highest BCUT2D eigenvalue weighted by Crippen LogP contribution is 2.27. The van der Waals surface area contributed by atoms with E-state index >= 15 is 0 Å². The molecule has 1 aliphatic heterocycles. The summed E-state index contributed by atoms with van der Waals surface area (Å²) in [4.78, 5) is 19.1. The monoisotopic (exact) mass is 508 g/mol. The van der Waals surface area contributed by atoms with Crippen molar-refractivity contribution in [3.8, 4) is 0 Å². The standard InChI is InChI=1S/C9H11Cl2NO.C9H9Cl2NO.C4H8O/c2*1-5(6(2)13)9-8(11)3-7(10)4-12-9;1-2-4-5-3-1/h3-6,13H,1-2H3;3-5H,1-2H3;1-4H2. The molecular formula is C22H28Cl4N2O3. The predicted octanol–water partition coefficient (Wildman–Crippen LogP) is 6.75. The van der Waals surface area contributed by atoms with Gasteiger partial charge in [-0.1, -0.05) is 53.3 Å². The highest BCUT2D eigenvalue weighted by Gasteiger charge is 2.16. The summed E-state index contributed by atoms with van der Waals surface area (Å²) in [5, 5.41) is 11.3. The second-order valence-corrected chi connectivity index (χ2v) is 8.91. The van der Waals surface area contributed by atoms with Crippen LogP contribution in [0.3, 0.4) is 0 Å². The molecule has 0 aliphatic carbocycles. The van der Waals surface area contributed by atoms with Crippen LogP contribution < -0.4 is 0 Å². The van der Waals surface area contributed by atoms with E-state index in [-0.39, 0.29) is 17.6 Å². The number of aliphatic hydroxyl groups excluding tert-OH is 1. The van der Waals surface area contributed by atoms with Crippen molar-refractivity contribution >= 4 is 52.2 Å². The van der Waals surface area contributed by atoms with Crippen LogP contribution >= 0.6 is 46.4 Å². The Morgan fingerprint density at radius 2 is 1.39 bits per heavy atom. The van der Waals surface area contributed by atoms with Crippen LogP contribution in [0, 0.1) is 0 Å². The van der Waals surface area contributed by atoms with Crippen molar-refractivity contribution in [3.05, 3.63) is 56.0 Å². The molecule has 2 aromatic heterocycles. The zero-order valence-corrected chi connectivity index (χ0v) is 21.1. The summed E-state index contributed by atoms with van der Waals surface area (Å²) in [5.74, 6) is -0.314. The maximum absolute atomic E-state index is 11.0. The number of nitrogens with zero attached hydrogens (tertiary/aromatic N) is 2. The largest absolute Gasteiger partial charge is 0.393 e. The summed E-state index contributed by atoms with van der Waals surface area (Å²) in [6.07, 6.45) is 5.11. The van der Waals surface area contributed by atoms with E-state index in [1.54, 1.807) is 26.0 Å². The summed E-state index contributed by atoms with van der Waals surface area (Å²) in [6, 6.07) is 3.22. The number of aliphatic hydroxyl groups is 1. The van der Waals surface area contributed by atoms with Gasteiger partial charge >= 0.3 is 0 Å². The van der Waals surface area contributed by atoms with Gasteiger partial charge in [0.15, 0.2) is 0 Å². The molecule has 3 unspecified atom stereocenters. The first-order valence-corrected chi connectivity index (χ1v) is 11.4. The number of ether oxygens (including phenoxy) is 1. The molecule has 1 N–H and O–H groups in total. The molecule has 0 saturated carbocycles. The third-order valence-electron chi connectivity index (χ3n) is 4.67. The second kappa shape index (κ2) is 14.2. The number of halogens is 4. The first-order valence-electron chi connectivity index (χ1n) is 9.92. The summed E-state index contributed by atoms with van der Waals surface area (Å²) < 4.78 is 4.94. The molecule has 31 heavy (non-hydrogen) atoms. The molecule has 1 fully saturated rings. The highest BCUT2D eigenvalue weighted by molar-refractivity contribution is 6.35. The Hall–Kier alpha value is -0.950. The van der Waals surface area contributed by atoms with Gasteiger partial charge in [-0.2, -0.15) is 0 Å². The fourth-order valence-corrected chi connectivity index (χ4v) is 3.53. The van der Waals surface area contributed by atoms with Crippen molar-refractivity contribution in [1.82, 2.24) is 9.97 Å². The maximum atomic E-state index is 11.0. The van der Waals surface area contributed by atoms with Gasteiger partial charge in [0.05, 0.1) is 43.5 Å². The van der Waals surface area contributed by atoms with Gasteiger partial charge in [-0.25, -0.2) is 0 Å². The van der Waals surface area contributed by atoms with E-state index in [4.69, 9.17) is 51.1 Å². The number of carbonyl (C=O) groups is 1. The van der Waals surface area contributed by atoms with Crippen LogP contribution in [0.15, 0.2) is 24.5 Å². The van der Waals surface area contributed by atoms with E-state index in [9.17, 15) is 9.90 Å². The van der Waals surface area contributed by atoms with Crippen LogP contribution in [-0.2, 0) is 9.53 Å². The minimum Gasteiger partial charge on any atom is -0.393 e. The molecule has 0 bridgehead atoms. The van der Waals surface area contributed by atoms with Gasteiger partial charge in [0.25, 0.3) is 0 Å². The van der Waals surface area contributed by atoms with Gasteiger partial charge in [-0.05, 0) is 45.7 Å². The molecule has 1 saturated heterocycles. The van der Waals surface area contributed by atoms with Crippen molar-refractivity contribution in [2.24, 2.45) is 0 Å². The number of carbonyl (C=O) groups excluding carboxylic acids is 1. The minimum absolute atomic E-state index is 0.0386. The van der Waals surface area contributed by atoms with Crippen LogP contribution in [0.25, 0.3) is 0 Å². The predicted molar refractivity (Wildman–Crippen MR) is 128 cm³/mol. The summed E-state index contributed by atoms with van der Waals surface area (Å²) in [7, 11) is 0. The van der Waals surface area contributed by atoms with Crippen LogP contribution in [0.4, 0.5) is 0 Å². The molecule has 1 aliphatic rings. The number of rotatable bonds is 4. The Morgan fingerprint density at radius 3 is 1.71 bits per heavy atom.